The van der Waals surface area contributed by atoms with Gasteiger partial charge in [0.05, 0.1) is 12.0 Å². The molecule has 0 bridgehead atoms. The van der Waals surface area contributed by atoms with E-state index in [2.05, 4.69) is 6.92 Å². The number of imide groups is 1. The summed E-state index contributed by atoms with van der Waals surface area (Å²) in [6.45, 7) is 6.52. The summed E-state index contributed by atoms with van der Waals surface area (Å²) in [5.74, 6) is 0.151. The molecule has 2 fully saturated rings. The van der Waals surface area contributed by atoms with Crippen LogP contribution in [0, 0.1) is 17.3 Å². The Balaban J connectivity index is 2.16. The van der Waals surface area contributed by atoms with E-state index in [9.17, 15) is 14.4 Å². The molecule has 2 unspecified atom stereocenters. The van der Waals surface area contributed by atoms with Crippen LogP contribution in [0.4, 0.5) is 4.79 Å². The highest BCUT2D eigenvalue weighted by atomic mass is 16.2. The lowest BCUT2D eigenvalue weighted by molar-refractivity contribution is -0.150. The van der Waals surface area contributed by atoms with Gasteiger partial charge in [0.1, 0.15) is 0 Å². The van der Waals surface area contributed by atoms with Crippen molar-refractivity contribution < 1.29 is 14.4 Å². The van der Waals surface area contributed by atoms with Crippen molar-refractivity contribution in [1.29, 1.82) is 0 Å². The number of nitrogens with zero attached hydrogens (tertiary/aromatic N) is 2. The van der Waals surface area contributed by atoms with Crippen molar-refractivity contribution >= 4 is 17.7 Å². The van der Waals surface area contributed by atoms with E-state index in [0.29, 0.717) is 12.5 Å². The molecule has 0 aromatic heterocycles. The van der Waals surface area contributed by atoms with Crippen LogP contribution in [0.15, 0.2) is 0 Å². The van der Waals surface area contributed by atoms with Gasteiger partial charge in [0.25, 0.3) is 0 Å². The molecule has 1 heterocycles. The number of rotatable bonds is 8. The average molecular weight is 365 g/mol. The van der Waals surface area contributed by atoms with Crippen molar-refractivity contribution in [2.45, 2.75) is 78.6 Å². The van der Waals surface area contributed by atoms with Crippen molar-refractivity contribution in [3.8, 4) is 0 Å². The van der Waals surface area contributed by atoms with Gasteiger partial charge in [0, 0.05) is 19.5 Å². The third-order valence-electron chi connectivity index (χ3n) is 6.53. The molecule has 1 saturated heterocycles. The number of carbonyl (C=O) groups is 3. The minimum Gasteiger partial charge on any atom is -0.326 e. The molecule has 5 nitrogen and oxygen atoms in total. The molecule has 2 aliphatic rings. The average Bonchev–Trinajstić information content (AvgIpc) is 2.65. The van der Waals surface area contributed by atoms with E-state index in [1.807, 2.05) is 13.8 Å². The molecule has 2 rings (SSSR count). The van der Waals surface area contributed by atoms with Gasteiger partial charge in [-0.05, 0) is 38.5 Å². The van der Waals surface area contributed by atoms with Gasteiger partial charge in [-0.3, -0.25) is 14.5 Å². The number of hydrogen-bond donors (Lipinski definition) is 0. The van der Waals surface area contributed by atoms with Crippen molar-refractivity contribution in [3.63, 3.8) is 0 Å². The van der Waals surface area contributed by atoms with Gasteiger partial charge in [-0.15, -0.1) is 0 Å². The second-order valence-electron chi connectivity index (χ2n) is 8.50. The highest BCUT2D eigenvalue weighted by Gasteiger charge is 2.51. The molecular weight excluding hydrogens is 328 g/mol. The van der Waals surface area contributed by atoms with Gasteiger partial charge < -0.3 is 4.90 Å². The topological polar surface area (TPSA) is 57.7 Å². The summed E-state index contributed by atoms with van der Waals surface area (Å²) in [5.41, 5.74) is -0.561. The van der Waals surface area contributed by atoms with E-state index in [-0.39, 0.29) is 30.2 Å². The van der Waals surface area contributed by atoms with Gasteiger partial charge >= 0.3 is 6.03 Å². The molecule has 3 amide bonds. The van der Waals surface area contributed by atoms with E-state index in [1.54, 1.807) is 11.9 Å². The van der Waals surface area contributed by atoms with Gasteiger partial charge in [0.2, 0.25) is 5.91 Å². The molecule has 26 heavy (non-hydrogen) atoms. The number of carbonyl (C=O) groups excluding carboxylic acids is 3. The zero-order chi connectivity index (χ0) is 19.3. The molecule has 148 valence electrons. The largest absolute Gasteiger partial charge is 0.326 e. The van der Waals surface area contributed by atoms with Crippen LogP contribution in [0.3, 0.4) is 0 Å². The maximum absolute atomic E-state index is 13.3. The third-order valence-corrected chi connectivity index (χ3v) is 6.53. The fourth-order valence-electron chi connectivity index (χ4n) is 4.74. The van der Waals surface area contributed by atoms with E-state index >= 15 is 0 Å². The molecule has 0 radical (unpaired) electrons. The first-order valence-corrected chi connectivity index (χ1v) is 10.4. The molecule has 5 heteroatoms. The third kappa shape index (κ3) is 4.29. The van der Waals surface area contributed by atoms with Crippen molar-refractivity contribution in [3.05, 3.63) is 0 Å². The summed E-state index contributed by atoms with van der Waals surface area (Å²) in [7, 11) is 1.75. The number of urea groups is 1. The molecule has 1 saturated carbocycles. The standard InChI is InChI=1S/C21H36N2O3/c1-5-7-11-16(6-2)18(24)14-23-19(25)21(3,15-22(4)20(23)26)17-12-9-8-10-13-17/h16-17H,5-15H2,1-4H3. The minimum atomic E-state index is -0.561. The highest BCUT2D eigenvalue weighted by Crippen LogP contribution is 2.42. The fraction of sp³-hybridized carbons (Fsp3) is 0.857. The van der Waals surface area contributed by atoms with Crippen LogP contribution >= 0.6 is 0 Å². The Morgan fingerprint density at radius 2 is 1.85 bits per heavy atom. The van der Waals surface area contributed by atoms with Gasteiger partial charge in [0.15, 0.2) is 5.78 Å². The summed E-state index contributed by atoms with van der Waals surface area (Å²) < 4.78 is 0. The monoisotopic (exact) mass is 364 g/mol. The van der Waals surface area contributed by atoms with Crippen LogP contribution in [0.1, 0.15) is 78.6 Å². The fourth-order valence-corrected chi connectivity index (χ4v) is 4.74. The zero-order valence-electron chi connectivity index (χ0n) is 17.1. The lowest BCUT2D eigenvalue weighted by Gasteiger charge is -2.47. The maximum atomic E-state index is 13.3. The lowest BCUT2D eigenvalue weighted by Crippen LogP contribution is -2.63. The molecular formula is C21H36N2O3. The summed E-state index contributed by atoms with van der Waals surface area (Å²) in [4.78, 5) is 41.6. The second kappa shape index (κ2) is 9.01. The maximum Gasteiger partial charge on any atom is 0.326 e. The Kier molecular flexibility index (Phi) is 7.24. The van der Waals surface area contributed by atoms with Crippen LogP contribution in [0.2, 0.25) is 0 Å². The first kappa shape index (κ1) is 20.9. The molecule has 0 aromatic carbocycles. The van der Waals surface area contributed by atoms with Crippen molar-refractivity contribution in [1.82, 2.24) is 9.80 Å². The van der Waals surface area contributed by atoms with Gasteiger partial charge in [-0.2, -0.15) is 0 Å². The first-order valence-electron chi connectivity index (χ1n) is 10.4. The van der Waals surface area contributed by atoms with Crippen LogP contribution in [-0.4, -0.2) is 47.7 Å². The number of hydrogen-bond acceptors (Lipinski definition) is 3. The Hall–Kier alpha value is -1.39. The summed E-state index contributed by atoms with van der Waals surface area (Å²) >= 11 is 0. The number of amides is 3. The first-order chi connectivity index (χ1) is 12.3. The Morgan fingerprint density at radius 3 is 2.42 bits per heavy atom. The molecule has 0 N–H and O–H groups in total. The summed E-state index contributed by atoms with van der Waals surface area (Å²) in [5, 5.41) is 0. The van der Waals surface area contributed by atoms with E-state index < -0.39 is 5.41 Å². The molecule has 2 atom stereocenters. The number of Topliss-reactive ketones (excluding diaryl/α,β-unsaturated/α-hetero) is 1. The Bertz CT molecular complexity index is 527. The van der Waals surface area contributed by atoms with Crippen molar-refractivity contribution in [2.24, 2.45) is 17.3 Å². The van der Waals surface area contributed by atoms with Crippen LogP contribution in [0.5, 0.6) is 0 Å². The lowest BCUT2D eigenvalue weighted by atomic mass is 9.68. The van der Waals surface area contributed by atoms with Crippen LogP contribution in [-0.2, 0) is 9.59 Å². The van der Waals surface area contributed by atoms with Crippen LogP contribution in [0.25, 0.3) is 0 Å². The Morgan fingerprint density at radius 1 is 1.19 bits per heavy atom. The molecule has 0 aromatic rings. The number of ketones is 1. The van der Waals surface area contributed by atoms with Crippen LogP contribution < -0.4 is 0 Å². The normalized spacial score (nSPS) is 26.3. The van der Waals surface area contributed by atoms with Gasteiger partial charge in [-0.1, -0.05) is 46.0 Å². The number of unbranched alkanes of at least 4 members (excludes halogenated alkanes) is 1. The zero-order valence-corrected chi connectivity index (χ0v) is 17.1. The highest BCUT2D eigenvalue weighted by molar-refractivity contribution is 6.03. The second-order valence-corrected chi connectivity index (χ2v) is 8.50. The Labute approximate surface area is 158 Å². The molecule has 1 aliphatic heterocycles. The summed E-state index contributed by atoms with van der Waals surface area (Å²) in [6, 6.07) is -0.318. The van der Waals surface area contributed by atoms with E-state index in [4.69, 9.17) is 0 Å². The van der Waals surface area contributed by atoms with Gasteiger partial charge in [-0.25, -0.2) is 4.79 Å². The van der Waals surface area contributed by atoms with E-state index in [0.717, 1.165) is 51.4 Å². The van der Waals surface area contributed by atoms with E-state index in [1.165, 1.54) is 11.3 Å². The molecule has 1 aliphatic carbocycles. The molecule has 0 spiro atoms. The minimum absolute atomic E-state index is 0.0314. The summed E-state index contributed by atoms with van der Waals surface area (Å²) in [6.07, 6.45) is 9.29. The predicted octanol–water partition coefficient (Wildman–Crippen LogP) is 4.25. The van der Waals surface area contributed by atoms with Crippen molar-refractivity contribution in [2.75, 3.05) is 20.1 Å². The quantitative estimate of drug-likeness (QED) is 0.647. The smallest absolute Gasteiger partial charge is 0.326 e. The SMILES string of the molecule is CCCCC(CC)C(=O)CN1C(=O)N(C)CC(C)(C2CCCCC2)C1=O. The predicted molar refractivity (Wildman–Crippen MR) is 103 cm³/mol.